The Morgan fingerprint density at radius 2 is 1.88 bits per heavy atom. The summed E-state index contributed by atoms with van der Waals surface area (Å²) in [5, 5.41) is 2.92. The predicted molar refractivity (Wildman–Crippen MR) is 98.5 cm³/mol. The van der Waals surface area contributed by atoms with Gasteiger partial charge in [0.1, 0.15) is 0 Å². The minimum Gasteiger partial charge on any atom is -0.399 e. The molecule has 0 aliphatic rings. The van der Waals surface area contributed by atoms with Crippen LogP contribution in [0.25, 0.3) is 11.3 Å². The highest BCUT2D eigenvalue weighted by Crippen LogP contribution is 2.23. The molecule has 5 heteroatoms. The summed E-state index contributed by atoms with van der Waals surface area (Å²) >= 11 is 0. The van der Waals surface area contributed by atoms with Gasteiger partial charge < -0.3 is 11.1 Å². The maximum absolute atomic E-state index is 12.2. The SMILES string of the molecule is CCC(C)C(=O)Nc1ncc(-c2ccc(N)cc2)nc1CC(C)C. The molecule has 2 aromatic rings. The molecule has 0 saturated carbocycles. The van der Waals surface area contributed by atoms with E-state index in [0.29, 0.717) is 17.4 Å². The molecular weight excluding hydrogens is 300 g/mol. The number of nitrogens with one attached hydrogen (secondary N) is 1. The molecule has 5 nitrogen and oxygen atoms in total. The number of carbonyl (C=O) groups excluding carboxylic acids is 1. The molecule has 0 aliphatic heterocycles. The van der Waals surface area contributed by atoms with Gasteiger partial charge in [0.25, 0.3) is 0 Å². The average Bonchev–Trinajstić information content (AvgIpc) is 2.55. The van der Waals surface area contributed by atoms with Crippen molar-refractivity contribution in [1.29, 1.82) is 0 Å². The Kier molecular flexibility index (Phi) is 5.90. The van der Waals surface area contributed by atoms with E-state index in [1.54, 1.807) is 6.20 Å². The number of nitrogen functional groups attached to an aromatic ring is 1. The molecule has 0 radical (unpaired) electrons. The Bertz CT molecular complexity index is 695. The number of nitrogens with zero attached hydrogens (tertiary/aromatic N) is 2. The molecule has 1 aromatic heterocycles. The summed E-state index contributed by atoms with van der Waals surface area (Å²) < 4.78 is 0. The summed E-state index contributed by atoms with van der Waals surface area (Å²) in [4.78, 5) is 21.4. The van der Waals surface area contributed by atoms with Gasteiger partial charge >= 0.3 is 0 Å². The van der Waals surface area contributed by atoms with Crippen LogP contribution < -0.4 is 11.1 Å². The quantitative estimate of drug-likeness (QED) is 0.789. The lowest BCUT2D eigenvalue weighted by atomic mass is 10.1. The number of nitrogens with two attached hydrogens (primary N) is 1. The normalized spacial score (nSPS) is 12.2. The number of aromatic nitrogens is 2. The molecule has 3 N–H and O–H groups in total. The highest BCUT2D eigenvalue weighted by atomic mass is 16.1. The number of carbonyl (C=O) groups is 1. The summed E-state index contributed by atoms with van der Waals surface area (Å²) in [6.07, 6.45) is 3.25. The molecular formula is C19H26N4O. The van der Waals surface area contributed by atoms with E-state index in [1.165, 1.54) is 0 Å². The van der Waals surface area contributed by atoms with E-state index < -0.39 is 0 Å². The first-order valence-electron chi connectivity index (χ1n) is 8.43. The number of benzene rings is 1. The lowest BCUT2D eigenvalue weighted by molar-refractivity contribution is -0.119. The second-order valence-electron chi connectivity index (χ2n) is 6.57. The molecule has 0 aliphatic carbocycles. The summed E-state index contributed by atoms with van der Waals surface area (Å²) in [5.41, 5.74) is 9.01. The van der Waals surface area contributed by atoms with Crippen LogP contribution in [-0.2, 0) is 11.2 Å². The number of rotatable bonds is 6. The average molecular weight is 326 g/mol. The van der Waals surface area contributed by atoms with Crippen molar-refractivity contribution in [1.82, 2.24) is 9.97 Å². The number of hydrogen-bond donors (Lipinski definition) is 2. The minimum absolute atomic E-state index is 0.0166. The molecule has 0 saturated heterocycles. The van der Waals surface area contributed by atoms with Crippen molar-refractivity contribution in [2.75, 3.05) is 11.1 Å². The van der Waals surface area contributed by atoms with Gasteiger partial charge in [0, 0.05) is 17.2 Å². The smallest absolute Gasteiger partial charge is 0.228 e. The first kappa shape index (κ1) is 17.9. The van der Waals surface area contributed by atoms with Crippen LogP contribution in [0.4, 0.5) is 11.5 Å². The van der Waals surface area contributed by atoms with Crippen LogP contribution in [-0.4, -0.2) is 15.9 Å². The van der Waals surface area contributed by atoms with Crippen molar-refractivity contribution in [3.8, 4) is 11.3 Å². The zero-order valence-corrected chi connectivity index (χ0v) is 14.8. The zero-order chi connectivity index (χ0) is 17.7. The Morgan fingerprint density at radius 1 is 1.21 bits per heavy atom. The van der Waals surface area contributed by atoms with E-state index in [1.807, 2.05) is 38.1 Å². The fraction of sp³-hybridized carbons (Fsp3) is 0.421. The summed E-state index contributed by atoms with van der Waals surface area (Å²) in [6.45, 7) is 8.15. The third-order valence-corrected chi connectivity index (χ3v) is 3.95. The van der Waals surface area contributed by atoms with Gasteiger partial charge in [-0.3, -0.25) is 4.79 Å². The molecule has 0 spiro atoms. The molecule has 128 valence electrons. The number of hydrogen-bond acceptors (Lipinski definition) is 4. The van der Waals surface area contributed by atoms with Crippen molar-refractivity contribution in [3.63, 3.8) is 0 Å². The topological polar surface area (TPSA) is 80.9 Å². The fourth-order valence-corrected chi connectivity index (χ4v) is 2.28. The van der Waals surface area contributed by atoms with Crippen molar-refractivity contribution in [2.45, 2.75) is 40.5 Å². The summed E-state index contributed by atoms with van der Waals surface area (Å²) in [7, 11) is 0. The van der Waals surface area contributed by atoms with Gasteiger partial charge in [-0.05, 0) is 30.9 Å². The van der Waals surface area contributed by atoms with Gasteiger partial charge in [-0.25, -0.2) is 9.97 Å². The third kappa shape index (κ3) is 4.54. The van der Waals surface area contributed by atoms with Crippen molar-refractivity contribution >= 4 is 17.4 Å². The van der Waals surface area contributed by atoms with E-state index in [9.17, 15) is 4.79 Å². The first-order valence-corrected chi connectivity index (χ1v) is 8.43. The van der Waals surface area contributed by atoms with E-state index in [4.69, 9.17) is 10.7 Å². The summed E-state index contributed by atoms with van der Waals surface area (Å²) in [5.74, 6) is 0.918. The predicted octanol–water partition coefficient (Wildman–Crippen LogP) is 3.91. The molecule has 1 amide bonds. The highest BCUT2D eigenvalue weighted by Gasteiger charge is 2.16. The second-order valence-corrected chi connectivity index (χ2v) is 6.57. The van der Waals surface area contributed by atoms with Gasteiger partial charge in [-0.15, -0.1) is 0 Å². The Labute approximate surface area is 143 Å². The van der Waals surface area contributed by atoms with Gasteiger partial charge in [-0.1, -0.05) is 39.8 Å². The first-order chi connectivity index (χ1) is 11.4. The van der Waals surface area contributed by atoms with E-state index in [-0.39, 0.29) is 11.8 Å². The minimum atomic E-state index is -0.0459. The highest BCUT2D eigenvalue weighted by molar-refractivity contribution is 5.91. The van der Waals surface area contributed by atoms with Crippen LogP contribution in [0, 0.1) is 11.8 Å². The van der Waals surface area contributed by atoms with Crippen LogP contribution in [0.2, 0.25) is 0 Å². The van der Waals surface area contributed by atoms with Crippen molar-refractivity contribution < 1.29 is 4.79 Å². The molecule has 0 fully saturated rings. The molecule has 24 heavy (non-hydrogen) atoms. The molecule has 0 bridgehead atoms. The van der Waals surface area contributed by atoms with Crippen LogP contribution >= 0.6 is 0 Å². The molecule has 1 aromatic carbocycles. The van der Waals surface area contributed by atoms with Gasteiger partial charge in [-0.2, -0.15) is 0 Å². The van der Waals surface area contributed by atoms with Crippen LogP contribution in [0.5, 0.6) is 0 Å². The maximum Gasteiger partial charge on any atom is 0.228 e. The van der Waals surface area contributed by atoms with E-state index in [0.717, 1.165) is 29.8 Å². The van der Waals surface area contributed by atoms with Gasteiger partial charge in [0.2, 0.25) is 5.91 Å². The largest absolute Gasteiger partial charge is 0.399 e. The number of amides is 1. The van der Waals surface area contributed by atoms with Gasteiger partial charge in [0.15, 0.2) is 5.82 Å². The third-order valence-electron chi connectivity index (χ3n) is 3.95. The van der Waals surface area contributed by atoms with Gasteiger partial charge in [0.05, 0.1) is 17.6 Å². The van der Waals surface area contributed by atoms with Crippen molar-refractivity contribution in [2.24, 2.45) is 11.8 Å². The lowest BCUT2D eigenvalue weighted by Gasteiger charge is -2.14. The van der Waals surface area contributed by atoms with E-state index >= 15 is 0 Å². The monoisotopic (exact) mass is 326 g/mol. The maximum atomic E-state index is 12.2. The molecule has 1 unspecified atom stereocenters. The zero-order valence-electron chi connectivity index (χ0n) is 14.8. The lowest BCUT2D eigenvalue weighted by Crippen LogP contribution is -2.22. The van der Waals surface area contributed by atoms with Crippen LogP contribution in [0.3, 0.4) is 0 Å². The summed E-state index contributed by atoms with van der Waals surface area (Å²) in [6, 6.07) is 7.54. The molecule has 1 atom stereocenters. The van der Waals surface area contributed by atoms with E-state index in [2.05, 4.69) is 24.1 Å². The standard InChI is InChI=1S/C19H26N4O/c1-5-13(4)19(24)23-18-16(10-12(2)3)22-17(11-21-18)14-6-8-15(20)9-7-14/h6-9,11-13H,5,10,20H2,1-4H3,(H,21,23,24). The van der Waals surface area contributed by atoms with Crippen LogP contribution in [0.1, 0.15) is 39.8 Å². The molecule has 2 rings (SSSR count). The fourth-order valence-electron chi connectivity index (χ4n) is 2.28. The Hall–Kier alpha value is -2.43. The second kappa shape index (κ2) is 7.90. The molecule has 1 heterocycles. The Morgan fingerprint density at radius 3 is 2.46 bits per heavy atom. The van der Waals surface area contributed by atoms with Crippen molar-refractivity contribution in [3.05, 3.63) is 36.2 Å². The number of anilines is 2. The van der Waals surface area contributed by atoms with Crippen LogP contribution in [0.15, 0.2) is 30.5 Å². The Balaban J connectivity index is 2.34.